The van der Waals surface area contributed by atoms with Crippen LogP contribution in [0.1, 0.15) is 16.7 Å². The van der Waals surface area contributed by atoms with E-state index in [4.69, 9.17) is 5.73 Å². The van der Waals surface area contributed by atoms with Crippen LogP contribution in [0.25, 0.3) is 0 Å². The van der Waals surface area contributed by atoms with E-state index < -0.39 is 15.7 Å². The molecule has 0 aliphatic rings. The first-order valence-corrected chi connectivity index (χ1v) is 7.98. The zero-order valence-corrected chi connectivity index (χ0v) is 12.0. The second-order valence-corrected chi connectivity index (χ2v) is 6.93. The van der Waals surface area contributed by atoms with Gasteiger partial charge in [0.25, 0.3) is 0 Å². The van der Waals surface area contributed by atoms with E-state index in [1.165, 1.54) is 18.2 Å². The summed E-state index contributed by atoms with van der Waals surface area (Å²) in [7, 11) is -3.39. The molecule has 0 aromatic heterocycles. The van der Waals surface area contributed by atoms with Crippen molar-refractivity contribution in [3.8, 4) is 0 Å². The fourth-order valence-corrected chi connectivity index (χ4v) is 3.56. The van der Waals surface area contributed by atoms with Gasteiger partial charge in [0.1, 0.15) is 5.82 Å². The van der Waals surface area contributed by atoms with Crippen LogP contribution in [0, 0.1) is 12.7 Å². The molecule has 2 aromatic rings. The number of nitrogen functional groups attached to an aromatic ring is 1. The van der Waals surface area contributed by atoms with Gasteiger partial charge in [-0.1, -0.05) is 29.8 Å². The van der Waals surface area contributed by atoms with E-state index in [-0.39, 0.29) is 11.5 Å². The van der Waals surface area contributed by atoms with E-state index in [2.05, 4.69) is 0 Å². The Balaban J connectivity index is 2.21. The van der Waals surface area contributed by atoms with Gasteiger partial charge < -0.3 is 5.73 Å². The minimum absolute atomic E-state index is 0.0787. The summed E-state index contributed by atoms with van der Waals surface area (Å²) in [6.07, 6.45) is 0. The second kappa shape index (κ2) is 5.63. The Bertz CT molecular complexity index is 726. The number of aryl methyl sites for hydroxylation is 1. The molecule has 0 spiro atoms. The predicted octanol–water partition coefficient (Wildman–Crippen LogP) is 2.83. The lowest BCUT2D eigenvalue weighted by Crippen LogP contribution is -2.09. The smallest absolute Gasteiger partial charge is 0.158 e. The Labute approximate surface area is 118 Å². The largest absolute Gasteiger partial charge is 0.398 e. The standard InChI is InChI=1S/C15H16FNO2S/c1-11-3-2-4-12(7-11)9-20(18,19)10-13-8-14(16)5-6-15(13)17/h2-8H,9-10,17H2,1H3. The van der Waals surface area contributed by atoms with Crippen LogP contribution in [0.4, 0.5) is 10.1 Å². The van der Waals surface area contributed by atoms with Gasteiger partial charge >= 0.3 is 0 Å². The Kier molecular flexibility index (Phi) is 4.09. The molecule has 3 nitrogen and oxygen atoms in total. The third-order valence-corrected chi connectivity index (χ3v) is 4.47. The maximum atomic E-state index is 13.2. The number of hydrogen-bond donors (Lipinski definition) is 1. The molecule has 0 aliphatic carbocycles. The number of nitrogens with two attached hydrogens (primary N) is 1. The molecule has 0 amide bonds. The first-order chi connectivity index (χ1) is 9.35. The Hall–Kier alpha value is -1.88. The van der Waals surface area contributed by atoms with Crippen LogP contribution in [0.15, 0.2) is 42.5 Å². The van der Waals surface area contributed by atoms with Crippen LogP contribution in [-0.2, 0) is 21.3 Å². The summed E-state index contributed by atoms with van der Waals surface area (Å²) in [6, 6.07) is 11.1. The average Bonchev–Trinajstić information content (AvgIpc) is 2.33. The molecule has 2 rings (SSSR count). The lowest BCUT2D eigenvalue weighted by molar-refractivity contribution is 0.594. The van der Waals surface area contributed by atoms with Crippen LogP contribution < -0.4 is 5.73 Å². The first-order valence-electron chi connectivity index (χ1n) is 6.15. The molecule has 0 bridgehead atoms. The van der Waals surface area contributed by atoms with Crippen LogP contribution in [0.2, 0.25) is 0 Å². The molecule has 106 valence electrons. The van der Waals surface area contributed by atoms with Crippen molar-refractivity contribution >= 4 is 15.5 Å². The summed E-state index contributed by atoms with van der Waals surface area (Å²) in [5.74, 6) is -0.824. The van der Waals surface area contributed by atoms with Gasteiger partial charge in [0.05, 0.1) is 11.5 Å². The molecule has 0 heterocycles. The SMILES string of the molecule is Cc1cccc(CS(=O)(=O)Cc2cc(F)ccc2N)c1. The molecule has 0 saturated heterocycles. The zero-order valence-electron chi connectivity index (χ0n) is 11.1. The molecule has 0 atom stereocenters. The van der Waals surface area contributed by atoms with Crippen molar-refractivity contribution in [2.45, 2.75) is 18.4 Å². The lowest BCUT2D eigenvalue weighted by atomic mass is 10.2. The number of halogens is 1. The second-order valence-electron chi connectivity index (χ2n) is 4.86. The Morgan fingerprint density at radius 1 is 1.10 bits per heavy atom. The number of benzene rings is 2. The minimum atomic E-state index is -3.39. The highest BCUT2D eigenvalue weighted by Gasteiger charge is 2.15. The van der Waals surface area contributed by atoms with Crippen molar-refractivity contribution in [1.29, 1.82) is 0 Å². The van der Waals surface area contributed by atoms with Crippen molar-refractivity contribution in [2.75, 3.05) is 5.73 Å². The molecule has 5 heteroatoms. The molecule has 2 N–H and O–H groups in total. The molecular weight excluding hydrogens is 277 g/mol. The van der Waals surface area contributed by atoms with Crippen molar-refractivity contribution in [3.63, 3.8) is 0 Å². The summed E-state index contributed by atoms with van der Waals surface area (Å²) in [5, 5.41) is 0. The predicted molar refractivity (Wildman–Crippen MR) is 78.3 cm³/mol. The normalized spacial score (nSPS) is 11.5. The maximum absolute atomic E-state index is 13.2. The fraction of sp³-hybridized carbons (Fsp3) is 0.200. The summed E-state index contributed by atoms with van der Waals surface area (Å²) >= 11 is 0. The summed E-state index contributed by atoms with van der Waals surface area (Å²) in [5.41, 5.74) is 8.00. The average molecular weight is 293 g/mol. The van der Waals surface area contributed by atoms with Gasteiger partial charge in [-0.25, -0.2) is 12.8 Å². The Morgan fingerprint density at radius 2 is 1.85 bits per heavy atom. The summed E-state index contributed by atoms with van der Waals surface area (Å²) in [6.45, 7) is 1.90. The van der Waals surface area contributed by atoms with E-state index in [0.29, 0.717) is 11.3 Å². The molecule has 0 unspecified atom stereocenters. The van der Waals surface area contributed by atoms with Crippen molar-refractivity contribution in [2.24, 2.45) is 0 Å². The molecule has 2 aromatic carbocycles. The van der Waals surface area contributed by atoms with E-state index in [1.54, 1.807) is 6.07 Å². The van der Waals surface area contributed by atoms with Gasteiger partial charge in [0.2, 0.25) is 0 Å². The zero-order chi connectivity index (χ0) is 14.8. The Morgan fingerprint density at radius 3 is 2.55 bits per heavy atom. The molecular formula is C15H16FNO2S. The van der Waals surface area contributed by atoms with Crippen molar-refractivity contribution < 1.29 is 12.8 Å². The van der Waals surface area contributed by atoms with Crippen molar-refractivity contribution in [3.05, 3.63) is 65.0 Å². The number of rotatable bonds is 4. The molecule has 20 heavy (non-hydrogen) atoms. The van der Waals surface area contributed by atoms with Crippen LogP contribution in [0.5, 0.6) is 0 Å². The quantitative estimate of drug-likeness (QED) is 0.882. The number of sulfone groups is 1. The van der Waals surface area contributed by atoms with Gasteiger partial charge in [0.15, 0.2) is 9.84 Å². The monoisotopic (exact) mass is 293 g/mol. The van der Waals surface area contributed by atoms with Gasteiger partial charge in [-0.2, -0.15) is 0 Å². The van der Waals surface area contributed by atoms with E-state index >= 15 is 0 Å². The highest BCUT2D eigenvalue weighted by Crippen LogP contribution is 2.19. The van der Waals surface area contributed by atoms with Crippen molar-refractivity contribution in [1.82, 2.24) is 0 Å². The topological polar surface area (TPSA) is 60.2 Å². The van der Waals surface area contributed by atoms with Gasteiger partial charge in [-0.3, -0.25) is 0 Å². The third kappa shape index (κ3) is 3.81. The lowest BCUT2D eigenvalue weighted by Gasteiger charge is -2.08. The van der Waals surface area contributed by atoms with Crippen LogP contribution in [-0.4, -0.2) is 8.42 Å². The summed E-state index contributed by atoms with van der Waals surface area (Å²) in [4.78, 5) is 0. The van der Waals surface area contributed by atoms with Gasteiger partial charge in [-0.15, -0.1) is 0 Å². The maximum Gasteiger partial charge on any atom is 0.158 e. The van der Waals surface area contributed by atoms with Crippen LogP contribution >= 0.6 is 0 Å². The number of anilines is 1. The van der Waals surface area contributed by atoms with E-state index in [0.717, 1.165) is 11.1 Å². The van der Waals surface area contributed by atoms with E-state index in [9.17, 15) is 12.8 Å². The van der Waals surface area contributed by atoms with Gasteiger partial charge in [0, 0.05) is 5.69 Å². The third-order valence-electron chi connectivity index (χ3n) is 2.95. The molecule has 0 saturated carbocycles. The van der Waals surface area contributed by atoms with E-state index in [1.807, 2.05) is 25.1 Å². The first kappa shape index (κ1) is 14.5. The molecule has 0 fully saturated rings. The molecule has 0 radical (unpaired) electrons. The van der Waals surface area contributed by atoms with Gasteiger partial charge in [-0.05, 0) is 36.2 Å². The number of hydrogen-bond acceptors (Lipinski definition) is 3. The highest BCUT2D eigenvalue weighted by atomic mass is 32.2. The fourth-order valence-electron chi connectivity index (χ4n) is 2.04. The van der Waals surface area contributed by atoms with Crippen LogP contribution in [0.3, 0.4) is 0 Å². The molecule has 0 aliphatic heterocycles. The summed E-state index contributed by atoms with van der Waals surface area (Å²) < 4.78 is 37.5. The minimum Gasteiger partial charge on any atom is -0.398 e. The highest BCUT2D eigenvalue weighted by molar-refractivity contribution is 7.89.